The maximum atomic E-state index is 5.96. The minimum Gasteiger partial charge on any atom is -0.385 e. The van der Waals surface area contributed by atoms with E-state index in [2.05, 4.69) is 19.2 Å². The Kier molecular flexibility index (Phi) is 7.91. The van der Waals surface area contributed by atoms with Crippen LogP contribution in [0.3, 0.4) is 0 Å². The zero-order chi connectivity index (χ0) is 14.1. The van der Waals surface area contributed by atoms with Gasteiger partial charge in [-0.05, 0) is 25.3 Å². The fourth-order valence-electron chi connectivity index (χ4n) is 3.03. The number of hydrogen-bond donors (Lipinski definition) is 1. The summed E-state index contributed by atoms with van der Waals surface area (Å²) < 4.78 is 16.7. The van der Waals surface area contributed by atoms with Crippen molar-refractivity contribution in [1.29, 1.82) is 0 Å². The zero-order valence-corrected chi connectivity index (χ0v) is 13.0. The van der Waals surface area contributed by atoms with E-state index in [1.165, 1.54) is 0 Å². The Balaban J connectivity index is 2.73. The van der Waals surface area contributed by atoms with Crippen LogP contribution in [-0.2, 0) is 14.2 Å². The molecule has 0 aromatic carbocycles. The Morgan fingerprint density at radius 1 is 1.26 bits per heavy atom. The van der Waals surface area contributed by atoms with E-state index in [1.54, 1.807) is 7.11 Å². The smallest absolute Gasteiger partial charge is 0.0877 e. The van der Waals surface area contributed by atoms with Crippen LogP contribution in [0.2, 0.25) is 0 Å². The van der Waals surface area contributed by atoms with E-state index in [4.69, 9.17) is 14.2 Å². The van der Waals surface area contributed by atoms with Crippen LogP contribution in [0, 0.1) is 5.92 Å². The Hall–Kier alpha value is -0.160. The van der Waals surface area contributed by atoms with Gasteiger partial charge < -0.3 is 19.5 Å². The summed E-state index contributed by atoms with van der Waals surface area (Å²) in [5, 5.41) is 3.70. The van der Waals surface area contributed by atoms with E-state index in [0.29, 0.717) is 12.0 Å². The van der Waals surface area contributed by atoms with Gasteiger partial charge in [-0.2, -0.15) is 0 Å². The molecule has 0 saturated carbocycles. The first-order chi connectivity index (χ1) is 9.20. The van der Waals surface area contributed by atoms with Crippen LogP contribution in [0.1, 0.15) is 39.5 Å². The van der Waals surface area contributed by atoms with Crippen molar-refractivity contribution in [3.05, 3.63) is 0 Å². The average molecular weight is 273 g/mol. The molecule has 0 aromatic rings. The van der Waals surface area contributed by atoms with E-state index < -0.39 is 0 Å². The number of hydrogen-bond acceptors (Lipinski definition) is 4. The molecule has 114 valence electrons. The Labute approximate surface area is 118 Å². The fraction of sp³-hybridized carbons (Fsp3) is 1.00. The lowest BCUT2D eigenvalue weighted by Gasteiger charge is -2.45. The lowest BCUT2D eigenvalue weighted by Crippen LogP contribution is -2.58. The molecule has 0 aliphatic carbocycles. The molecule has 19 heavy (non-hydrogen) atoms. The third-order valence-corrected chi connectivity index (χ3v) is 4.27. The molecule has 1 fully saturated rings. The molecule has 1 heterocycles. The normalized spacial score (nSPS) is 22.1. The molecule has 1 saturated heterocycles. The summed E-state index contributed by atoms with van der Waals surface area (Å²) in [6.07, 6.45) is 4.15. The monoisotopic (exact) mass is 273 g/mol. The lowest BCUT2D eigenvalue weighted by atomic mass is 9.78. The van der Waals surface area contributed by atoms with Gasteiger partial charge in [0.2, 0.25) is 0 Å². The molecule has 0 bridgehead atoms. The minimum atomic E-state index is -0.0828. The maximum absolute atomic E-state index is 5.96. The topological polar surface area (TPSA) is 39.7 Å². The maximum Gasteiger partial charge on any atom is 0.0877 e. The van der Waals surface area contributed by atoms with Gasteiger partial charge in [0.05, 0.1) is 5.60 Å². The minimum absolute atomic E-state index is 0.0828. The second-order valence-electron chi connectivity index (χ2n) is 5.57. The third-order valence-electron chi connectivity index (χ3n) is 4.27. The molecule has 0 spiro atoms. The van der Waals surface area contributed by atoms with E-state index >= 15 is 0 Å². The summed E-state index contributed by atoms with van der Waals surface area (Å²) in [7, 11) is 3.61. The van der Waals surface area contributed by atoms with Crippen LogP contribution in [0.15, 0.2) is 0 Å². The van der Waals surface area contributed by atoms with Crippen molar-refractivity contribution in [2.24, 2.45) is 5.92 Å². The molecule has 1 aliphatic rings. The Morgan fingerprint density at radius 2 is 1.95 bits per heavy atom. The zero-order valence-electron chi connectivity index (χ0n) is 13.0. The quantitative estimate of drug-likeness (QED) is 0.699. The summed E-state index contributed by atoms with van der Waals surface area (Å²) in [4.78, 5) is 0. The molecule has 1 rings (SSSR count). The summed E-state index contributed by atoms with van der Waals surface area (Å²) in [5.74, 6) is 0.532. The number of methoxy groups -OCH3 is 2. The lowest BCUT2D eigenvalue weighted by molar-refractivity contribution is -0.120. The first kappa shape index (κ1) is 16.9. The van der Waals surface area contributed by atoms with Crippen molar-refractivity contribution >= 4 is 0 Å². The molecule has 4 nitrogen and oxygen atoms in total. The summed E-state index contributed by atoms with van der Waals surface area (Å²) >= 11 is 0. The van der Waals surface area contributed by atoms with E-state index in [1.807, 2.05) is 7.11 Å². The molecule has 2 unspecified atom stereocenters. The van der Waals surface area contributed by atoms with Gasteiger partial charge in [0.15, 0.2) is 0 Å². The molecule has 1 N–H and O–H groups in total. The van der Waals surface area contributed by atoms with Crippen LogP contribution >= 0.6 is 0 Å². The van der Waals surface area contributed by atoms with Gasteiger partial charge in [0.1, 0.15) is 0 Å². The van der Waals surface area contributed by atoms with Gasteiger partial charge in [-0.25, -0.2) is 0 Å². The second kappa shape index (κ2) is 8.90. The highest BCUT2D eigenvalue weighted by molar-refractivity contribution is 4.97. The van der Waals surface area contributed by atoms with Gasteiger partial charge in [0, 0.05) is 52.9 Å². The van der Waals surface area contributed by atoms with Crippen LogP contribution < -0.4 is 5.32 Å². The van der Waals surface area contributed by atoms with E-state index in [9.17, 15) is 0 Å². The van der Waals surface area contributed by atoms with Crippen LogP contribution in [0.25, 0.3) is 0 Å². The van der Waals surface area contributed by atoms with E-state index in [-0.39, 0.29) is 5.60 Å². The molecular formula is C15H31NO3. The molecule has 0 aromatic heterocycles. The van der Waals surface area contributed by atoms with E-state index in [0.717, 1.165) is 52.0 Å². The molecular weight excluding hydrogens is 242 g/mol. The van der Waals surface area contributed by atoms with Gasteiger partial charge >= 0.3 is 0 Å². The number of rotatable bonds is 9. The van der Waals surface area contributed by atoms with Crippen LogP contribution in [-0.4, -0.2) is 52.2 Å². The highest BCUT2D eigenvalue weighted by atomic mass is 16.5. The van der Waals surface area contributed by atoms with Crippen molar-refractivity contribution in [3.63, 3.8) is 0 Å². The number of ether oxygens (including phenoxy) is 3. The Bertz CT molecular complexity index is 229. The fourth-order valence-corrected chi connectivity index (χ4v) is 3.03. The Morgan fingerprint density at radius 3 is 2.47 bits per heavy atom. The summed E-state index contributed by atoms with van der Waals surface area (Å²) in [6.45, 7) is 7.94. The van der Waals surface area contributed by atoms with Gasteiger partial charge in [-0.3, -0.25) is 0 Å². The van der Waals surface area contributed by atoms with Crippen molar-refractivity contribution in [2.75, 3.05) is 40.6 Å². The number of nitrogens with one attached hydrogen (secondary N) is 1. The largest absolute Gasteiger partial charge is 0.385 e. The summed E-state index contributed by atoms with van der Waals surface area (Å²) in [5.41, 5.74) is -0.0828. The first-order valence-corrected chi connectivity index (χ1v) is 7.55. The summed E-state index contributed by atoms with van der Waals surface area (Å²) in [6, 6.07) is 0.372. The highest BCUT2D eigenvalue weighted by Gasteiger charge is 2.42. The van der Waals surface area contributed by atoms with Gasteiger partial charge in [-0.1, -0.05) is 13.8 Å². The highest BCUT2D eigenvalue weighted by Crippen LogP contribution is 2.33. The van der Waals surface area contributed by atoms with Crippen molar-refractivity contribution in [2.45, 2.75) is 51.2 Å². The molecule has 4 heteroatoms. The second-order valence-corrected chi connectivity index (χ2v) is 5.57. The third kappa shape index (κ3) is 4.71. The average Bonchev–Trinajstić information content (AvgIpc) is 2.46. The van der Waals surface area contributed by atoms with Gasteiger partial charge in [0.25, 0.3) is 0 Å². The first-order valence-electron chi connectivity index (χ1n) is 7.55. The molecule has 0 radical (unpaired) electrons. The van der Waals surface area contributed by atoms with Crippen molar-refractivity contribution < 1.29 is 14.2 Å². The van der Waals surface area contributed by atoms with Gasteiger partial charge in [-0.15, -0.1) is 0 Å². The molecule has 1 aliphatic heterocycles. The predicted molar refractivity (Wildman–Crippen MR) is 77.5 cm³/mol. The standard InChI is InChI=1S/C15H31NO3/c1-5-9-16-14(13(2)6-10-17-3)15(18-4)7-11-19-12-8-15/h13-14,16H,5-12H2,1-4H3. The predicted octanol–water partition coefficient (Wildman–Crippen LogP) is 2.22. The van der Waals surface area contributed by atoms with Crippen LogP contribution in [0.4, 0.5) is 0 Å². The molecule has 2 atom stereocenters. The molecule has 0 amide bonds. The van der Waals surface area contributed by atoms with Crippen LogP contribution in [0.5, 0.6) is 0 Å². The SMILES string of the molecule is CCCNC(C(C)CCOC)C1(OC)CCOCC1. The van der Waals surface area contributed by atoms with Crippen molar-refractivity contribution in [1.82, 2.24) is 5.32 Å². The van der Waals surface area contributed by atoms with Crippen molar-refractivity contribution in [3.8, 4) is 0 Å².